The van der Waals surface area contributed by atoms with E-state index >= 15 is 0 Å². The topological polar surface area (TPSA) is 9.23 Å². The Labute approximate surface area is 45.7 Å². The van der Waals surface area contributed by atoms with Crippen LogP contribution in [0.4, 0.5) is 0 Å². The van der Waals surface area contributed by atoms with Crippen molar-refractivity contribution in [2.45, 2.75) is 12.1 Å². The molecule has 1 heterocycles. The minimum atomic E-state index is -0.363. The summed E-state index contributed by atoms with van der Waals surface area (Å²) in [7, 11) is 1.44. The van der Waals surface area contributed by atoms with Crippen LogP contribution in [0.3, 0.4) is 0 Å². The summed E-state index contributed by atoms with van der Waals surface area (Å²) in [5.41, 5.74) is 0. The van der Waals surface area contributed by atoms with Crippen LogP contribution in [0.5, 0.6) is 0 Å². The SMILES string of the molecule is CO[Si]1CC=CC1. The van der Waals surface area contributed by atoms with Gasteiger partial charge in [-0.2, -0.15) is 0 Å². The zero-order valence-corrected chi connectivity index (χ0v) is 5.48. The Hall–Kier alpha value is -0.0831. The van der Waals surface area contributed by atoms with Gasteiger partial charge >= 0.3 is 0 Å². The second kappa shape index (κ2) is 2.28. The quantitative estimate of drug-likeness (QED) is 0.366. The lowest BCUT2D eigenvalue weighted by atomic mass is 10.6. The molecule has 0 bridgehead atoms. The molecule has 0 aromatic rings. The van der Waals surface area contributed by atoms with Crippen LogP contribution in [0, 0.1) is 0 Å². The van der Waals surface area contributed by atoms with Crippen molar-refractivity contribution in [2.75, 3.05) is 7.11 Å². The van der Waals surface area contributed by atoms with Gasteiger partial charge in [-0.15, -0.1) is 0 Å². The Kier molecular flexibility index (Phi) is 1.65. The van der Waals surface area contributed by atoms with Gasteiger partial charge in [-0.25, -0.2) is 0 Å². The molecule has 0 unspecified atom stereocenters. The summed E-state index contributed by atoms with van der Waals surface area (Å²) in [5, 5.41) is 0. The monoisotopic (exact) mass is 113 g/mol. The van der Waals surface area contributed by atoms with Gasteiger partial charge in [0.05, 0.1) is 0 Å². The molecule has 0 spiro atoms. The Bertz CT molecular complexity index is 72.1. The van der Waals surface area contributed by atoms with E-state index in [0.29, 0.717) is 0 Å². The highest BCUT2D eigenvalue weighted by atomic mass is 28.3. The van der Waals surface area contributed by atoms with Gasteiger partial charge in [0.15, 0.2) is 0 Å². The predicted molar refractivity (Wildman–Crippen MR) is 31.5 cm³/mol. The fourth-order valence-corrected chi connectivity index (χ4v) is 2.04. The van der Waals surface area contributed by atoms with Crippen LogP contribution in [-0.4, -0.2) is 16.2 Å². The summed E-state index contributed by atoms with van der Waals surface area (Å²) < 4.78 is 5.15. The lowest BCUT2D eigenvalue weighted by Crippen LogP contribution is -2.08. The van der Waals surface area contributed by atoms with E-state index < -0.39 is 0 Å². The van der Waals surface area contributed by atoms with Gasteiger partial charge in [0, 0.05) is 7.11 Å². The maximum atomic E-state index is 5.15. The van der Waals surface area contributed by atoms with E-state index in [1.165, 1.54) is 12.1 Å². The molecule has 0 aromatic heterocycles. The van der Waals surface area contributed by atoms with E-state index in [1.54, 1.807) is 7.11 Å². The van der Waals surface area contributed by atoms with Crippen molar-refractivity contribution in [3.8, 4) is 0 Å². The van der Waals surface area contributed by atoms with Crippen LogP contribution in [0.15, 0.2) is 12.2 Å². The maximum Gasteiger partial charge on any atom is 0.218 e. The molecule has 1 rings (SSSR count). The van der Waals surface area contributed by atoms with Gasteiger partial charge in [0.25, 0.3) is 0 Å². The molecule has 0 saturated heterocycles. The molecular formula is C5H9OSi. The summed E-state index contributed by atoms with van der Waals surface area (Å²) in [4.78, 5) is 0. The van der Waals surface area contributed by atoms with Crippen molar-refractivity contribution in [3.63, 3.8) is 0 Å². The molecule has 0 saturated carbocycles. The molecule has 1 nitrogen and oxygen atoms in total. The summed E-state index contributed by atoms with van der Waals surface area (Å²) >= 11 is 0. The molecule has 0 fully saturated rings. The third kappa shape index (κ3) is 1.14. The van der Waals surface area contributed by atoms with Crippen molar-refractivity contribution < 1.29 is 4.43 Å². The minimum absolute atomic E-state index is 0.363. The standard InChI is InChI=1S/C5H9OSi/c1-6-7-4-2-3-5-7/h2-3H,4-5H2,1H3. The molecule has 1 aliphatic rings. The Morgan fingerprint density at radius 2 is 2.00 bits per heavy atom. The molecule has 0 atom stereocenters. The predicted octanol–water partition coefficient (Wildman–Crippen LogP) is 1.19. The van der Waals surface area contributed by atoms with E-state index in [4.69, 9.17) is 4.43 Å². The van der Waals surface area contributed by atoms with Gasteiger partial charge in [0.1, 0.15) is 0 Å². The summed E-state index contributed by atoms with van der Waals surface area (Å²) in [6.45, 7) is 0. The van der Waals surface area contributed by atoms with Crippen LogP contribution in [0.1, 0.15) is 0 Å². The van der Waals surface area contributed by atoms with Gasteiger partial charge in [-0.1, -0.05) is 12.2 Å². The molecule has 0 N–H and O–H groups in total. The van der Waals surface area contributed by atoms with E-state index in [1.807, 2.05) is 0 Å². The Balaban J connectivity index is 2.22. The lowest BCUT2D eigenvalue weighted by molar-refractivity contribution is 0.425. The highest BCUT2D eigenvalue weighted by Crippen LogP contribution is 2.09. The van der Waals surface area contributed by atoms with E-state index in [0.717, 1.165) is 0 Å². The first-order valence-electron chi connectivity index (χ1n) is 2.47. The van der Waals surface area contributed by atoms with Crippen LogP contribution in [-0.2, 0) is 4.43 Å². The smallest absolute Gasteiger partial charge is 0.218 e. The first-order valence-corrected chi connectivity index (χ1v) is 4.29. The highest BCUT2D eigenvalue weighted by molar-refractivity contribution is 6.53. The zero-order valence-electron chi connectivity index (χ0n) is 4.48. The average molecular weight is 113 g/mol. The summed E-state index contributed by atoms with van der Waals surface area (Å²) in [6, 6.07) is 2.42. The van der Waals surface area contributed by atoms with Gasteiger partial charge in [-0.3, -0.25) is 0 Å². The van der Waals surface area contributed by atoms with Crippen molar-refractivity contribution in [3.05, 3.63) is 12.2 Å². The van der Waals surface area contributed by atoms with E-state index in [9.17, 15) is 0 Å². The Morgan fingerprint density at radius 1 is 1.43 bits per heavy atom. The molecule has 2 heteroatoms. The van der Waals surface area contributed by atoms with Gasteiger partial charge < -0.3 is 4.43 Å². The number of rotatable bonds is 1. The van der Waals surface area contributed by atoms with Crippen molar-refractivity contribution in [1.29, 1.82) is 0 Å². The number of hydrogen-bond donors (Lipinski definition) is 0. The van der Waals surface area contributed by atoms with E-state index in [2.05, 4.69) is 12.2 Å². The molecular weight excluding hydrogens is 104 g/mol. The number of allylic oxidation sites excluding steroid dienone is 2. The summed E-state index contributed by atoms with van der Waals surface area (Å²) in [6.07, 6.45) is 4.41. The third-order valence-corrected chi connectivity index (χ3v) is 3.11. The summed E-state index contributed by atoms with van der Waals surface area (Å²) in [5.74, 6) is 0. The van der Waals surface area contributed by atoms with Crippen LogP contribution < -0.4 is 0 Å². The minimum Gasteiger partial charge on any atom is -0.419 e. The first kappa shape index (κ1) is 5.06. The van der Waals surface area contributed by atoms with Crippen LogP contribution in [0.2, 0.25) is 12.1 Å². The van der Waals surface area contributed by atoms with Crippen LogP contribution >= 0.6 is 0 Å². The van der Waals surface area contributed by atoms with Crippen molar-refractivity contribution in [1.82, 2.24) is 0 Å². The molecule has 0 aromatic carbocycles. The zero-order chi connectivity index (χ0) is 5.11. The maximum absolute atomic E-state index is 5.15. The van der Waals surface area contributed by atoms with Crippen molar-refractivity contribution >= 4 is 9.04 Å². The molecule has 0 aliphatic carbocycles. The fraction of sp³-hybridized carbons (Fsp3) is 0.600. The molecule has 1 radical (unpaired) electrons. The second-order valence-corrected chi connectivity index (χ2v) is 3.92. The first-order chi connectivity index (χ1) is 3.43. The van der Waals surface area contributed by atoms with E-state index in [-0.39, 0.29) is 9.04 Å². The van der Waals surface area contributed by atoms with Gasteiger partial charge in [-0.05, 0) is 12.1 Å². The normalized spacial score (nSPS) is 21.3. The Morgan fingerprint density at radius 3 is 2.29 bits per heavy atom. The largest absolute Gasteiger partial charge is 0.419 e. The fourth-order valence-electron chi connectivity index (χ4n) is 0.680. The average Bonchev–Trinajstić information content (AvgIpc) is 2.14. The molecule has 1 aliphatic heterocycles. The highest BCUT2D eigenvalue weighted by Gasteiger charge is 2.10. The van der Waals surface area contributed by atoms with Gasteiger partial charge in [0.2, 0.25) is 9.04 Å². The molecule has 7 heavy (non-hydrogen) atoms. The lowest BCUT2D eigenvalue weighted by Gasteiger charge is -1.98. The molecule has 0 amide bonds. The third-order valence-electron chi connectivity index (χ3n) is 1.15. The van der Waals surface area contributed by atoms with Crippen molar-refractivity contribution in [2.24, 2.45) is 0 Å². The molecule has 39 valence electrons. The second-order valence-electron chi connectivity index (χ2n) is 1.62. The van der Waals surface area contributed by atoms with Crippen LogP contribution in [0.25, 0.3) is 0 Å². The number of hydrogen-bond acceptors (Lipinski definition) is 1.